The quantitative estimate of drug-likeness (QED) is 0.638. The number of carbonyl (C=O) groups is 3. The zero-order valence-electron chi connectivity index (χ0n) is 18.8. The van der Waals surface area contributed by atoms with Crippen LogP contribution < -0.4 is 10.1 Å². The molecule has 9 heteroatoms. The molecule has 2 aromatic carbocycles. The molecule has 0 bridgehead atoms. The maximum atomic E-state index is 13.0. The van der Waals surface area contributed by atoms with Gasteiger partial charge in [0, 0.05) is 30.8 Å². The highest BCUT2D eigenvalue weighted by Crippen LogP contribution is 2.33. The maximum absolute atomic E-state index is 13.0. The molecule has 0 spiro atoms. The summed E-state index contributed by atoms with van der Waals surface area (Å²) in [4.78, 5) is 40.8. The van der Waals surface area contributed by atoms with Gasteiger partial charge in [0.25, 0.3) is 17.7 Å². The molecule has 178 valence electrons. The van der Waals surface area contributed by atoms with Crippen molar-refractivity contribution in [3.8, 4) is 5.75 Å². The van der Waals surface area contributed by atoms with Gasteiger partial charge in [-0.15, -0.1) is 0 Å². The molecule has 0 saturated carbocycles. The topological polar surface area (TPSA) is 97.4 Å². The lowest BCUT2D eigenvalue weighted by Crippen LogP contribution is -2.48. The molecule has 2 fully saturated rings. The van der Waals surface area contributed by atoms with E-state index in [1.165, 1.54) is 10.5 Å². The minimum Gasteiger partial charge on any atom is -0.489 e. The van der Waals surface area contributed by atoms with Crippen molar-refractivity contribution < 1.29 is 28.6 Å². The Hall–Kier alpha value is -3.27. The molecule has 34 heavy (non-hydrogen) atoms. The van der Waals surface area contributed by atoms with Gasteiger partial charge in [-0.1, -0.05) is 30.3 Å². The van der Waals surface area contributed by atoms with Gasteiger partial charge in [-0.25, -0.2) is 0 Å². The summed E-state index contributed by atoms with van der Waals surface area (Å²) in [6.07, 6.45) is 0. The Bertz CT molecular complexity index is 1080. The lowest BCUT2D eigenvalue weighted by molar-refractivity contribution is -0.131. The number of nitrogens with zero attached hydrogens (tertiary/aromatic N) is 2. The van der Waals surface area contributed by atoms with Crippen LogP contribution in [0.15, 0.2) is 42.5 Å². The highest BCUT2D eigenvalue weighted by atomic mass is 16.5. The van der Waals surface area contributed by atoms with Crippen molar-refractivity contribution in [2.45, 2.75) is 25.7 Å². The number of fused-ring (bicyclic) bond motifs is 1. The van der Waals surface area contributed by atoms with Crippen LogP contribution in [0.1, 0.15) is 27.0 Å². The maximum Gasteiger partial charge on any atom is 0.255 e. The number of benzene rings is 2. The van der Waals surface area contributed by atoms with Crippen LogP contribution in [0, 0.1) is 0 Å². The van der Waals surface area contributed by atoms with Gasteiger partial charge in [0.1, 0.15) is 25.0 Å². The van der Waals surface area contributed by atoms with Crippen molar-refractivity contribution >= 4 is 17.7 Å². The Balaban J connectivity index is 1.24. The summed E-state index contributed by atoms with van der Waals surface area (Å²) >= 11 is 0. The Labute approximate surface area is 197 Å². The molecule has 2 saturated heterocycles. The minimum absolute atomic E-state index is 0.0235. The van der Waals surface area contributed by atoms with Gasteiger partial charge in [0.05, 0.1) is 26.4 Å². The molecule has 0 aliphatic carbocycles. The molecule has 1 N–H and O–H groups in total. The van der Waals surface area contributed by atoms with E-state index in [0.717, 1.165) is 44.0 Å². The standard InChI is InChI=1S/C25H27N3O6/c29-23-16-33-15-21(24(30)26-23)28-13-20-19(25(28)31)2-1-3-22(20)34-14-18-6-4-17(5-7-18)12-27-8-10-32-11-9-27/h1-7,21H,8-16H2,(H,26,29,30)/t21-/m0/s1. The molecule has 2 aromatic rings. The number of hydrogen-bond donors (Lipinski definition) is 1. The zero-order chi connectivity index (χ0) is 23.5. The molecule has 1 atom stereocenters. The summed E-state index contributed by atoms with van der Waals surface area (Å²) in [5.41, 5.74) is 3.51. The molecule has 3 aliphatic heterocycles. The fourth-order valence-corrected chi connectivity index (χ4v) is 4.46. The van der Waals surface area contributed by atoms with Crippen LogP contribution in [0.25, 0.3) is 0 Å². The van der Waals surface area contributed by atoms with Gasteiger partial charge in [-0.2, -0.15) is 0 Å². The summed E-state index contributed by atoms with van der Waals surface area (Å²) < 4.78 is 16.8. The van der Waals surface area contributed by atoms with E-state index in [2.05, 4.69) is 34.5 Å². The number of nitrogens with one attached hydrogen (secondary N) is 1. The summed E-state index contributed by atoms with van der Waals surface area (Å²) in [5, 5.41) is 2.27. The lowest BCUT2D eigenvalue weighted by atomic mass is 10.1. The molecule has 5 rings (SSSR count). The third-order valence-electron chi connectivity index (χ3n) is 6.33. The SMILES string of the molecule is O=C1COC[C@H](N2Cc3c(OCc4ccc(CN5CCOCC5)cc4)cccc3C2=O)C(=O)N1. The van der Waals surface area contributed by atoms with Crippen LogP contribution >= 0.6 is 0 Å². The van der Waals surface area contributed by atoms with Crippen LogP contribution in [0.5, 0.6) is 5.75 Å². The summed E-state index contributed by atoms with van der Waals surface area (Å²) in [5.74, 6) is -0.692. The second-order valence-electron chi connectivity index (χ2n) is 8.65. The largest absolute Gasteiger partial charge is 0.489 e. The van der Waals surface area contributed by atoms with Crippen molar-refractivity contribution in [2.24, 2.45) is 0 Å². The molecule has 9 nitrogen and oxygen atoms in total. The van der Waals surface area contributed by atoms with Gasteiger partial charge >= 0.3 is 0 Å². The van der Waals surface area contributed by atoms with Crippen LogP contribution in [-0.4, -0.2) is 73.1 Å². The van der Waals surface area contributed by atoms with Crippen LogP contribution in [0.2, 0.25) is 0 Å². The van der Waals surface area contributed by atoms with Crippen LogP contribution in [0.3, 0.4) is 0 Å². The van der Waals surface area contributed by atoms with E-state index >= 15 is 0 Å². The van der Waals surface area contributed by atoms with E-state index in [-0.39, 0.29) is 25.7 Å². The Morgan fingerprint density at radius 3 is 2.53 bits per heavy atom. The molecule has 0 unspecified atom stereocenters. The highest BCUT2D eigenvalue weighted by Gasteiger charge is 2.39. The average Bonchev–Trinajstić information content (AvgIpc) is 3.08. The third kappa shape index (κ3) is 4.82. The van der Waals surface area contributed by atoms with Crippen molar-refractivity contribution in [1.82, 2.24) is 15.1 Å². The van der Waals surface area contributed by atoms with Gasteiger partial charge in [0.2, 0.25) is 0 Å². The Morgan fingerprint density at radius 2 is 1.74 bits per heavy atom. The molecule has 3 aliphatic rings. The van der Waals surface area contributed by atoms with Crippen molar-refractivity contribution in [1.29, 1.82) is 0 Å². The van der Waals surface area contributed by atoms with Gasteiger partial charge in [0.15, 0.2) is 0 Å². The normalized spacial score (nSPS) is 21.2. The van der Waals surface area contributed by atoms with Crippen LogP contribution in [-0.2, 0) is 38.8 Å². The van der Waals surface area contributed by atoms with E-state index < -0.39 is 17.9 Å². The minimum atomic E-state index is -0.863. The Kier molecular flexibility index (Phi) is 6.57. The fraction of sp³-hybridized carbons (Fsp3) is 0.400. The van der Waals surface area contributed by atoms with Crippen molar-refractivity contribution in [3.63, 3.8) is 0 Å². The molecule has 0 aromatic heterocycles. The molecule has 0 radical (unpaired) electrons. The first-order valence-electron chi connectivity index (χ1n) is 11.4. The van der Waals surface area contributed by atoms with Crippen molar-refractivity contribution in [2.75, 3.05) is 39.5 Å². The smallest absolute Gasteiger partial charge is 0.255 e. The summed E-state index contributed by atoms with van der Waals surface area (Å²) in [6.45, 7) is 4.73. The van der Waals surface area contributed by atoms with E-state index in [0.29, 0.717) is 17.9 Å². The van der Waals surface area contributed by atoms with Gasteiger partial charge < -0.3 is 19.1 Å². The summed E-state index contributed by atoms with van der Waals surface area (Å²) in [6, 6.07) is 12.8. The van der Waals surface area contributed by atoms with Crippen LogP contribution in [0.4, 0.5) is 0 Å². The fourth-order valence-electron chi connectivity index (χ4n) is 4.46. The van der Waals surface area contributed by atoms with E-state index in [1.807, 2.05) is 6.07 Å². The monoisotopic (exact) mass is 465 g/mol. The number of amides is 3. The predicted molar refractivity (Wildman–Crippen MR) is 121 cm³/mol. The van der Waals surface area contributed by atoms with E-state index in [9.17, 15) is 14.4 Å². The Morgan fingerprint density at radius 1 is 0.971 bits per heavy atom. The number of carbonyl (C=O) groups excluding carboxylic acids is 3. The first-order chi connectivity index (χ1) is 16.6. The molecular formula is C25H27N3O6. The second kappa shape index (κ2) is 9.92. The summed E-state index contributed by atoms with van der Waals surface area (Å²) in [7, 11) is 0. The van der Waals surface area contributed by atoms with E-state index in [1.54, 1.807) is 12.1 Å². The number of hydrogen-bond acceptors (Lipinski definition) is 7. The zero-order valence-corrected chi connectivity index (χ0v) is 18.8. The second-order valence-corrected chi connectivity index (χ2v) is 8.65. The number of imide groups is 1. The number of rotatable bonds is 6. The van der Waals surface area contributed by atoms with Gasteiger partial charge in [-0.3, -0.25) is 24.6 Å². The van der Waals surface area contributed by atoms with Crippen molar-refractivity contribution in [3.05, 3.63) is 64.7 Å². The van der Waals surface area contributed by atoms with E-state index in [4.69, 9.17) is 14.2 Å². The molecular weight excluding hydrogens is 438 g/mol. The predicted octanol–water partition coefficient (Wildman–Crippen LogP) is 1.10. The molecule has 3 heterocycles. The highest BCUT2D eigenvalue weighted by molar-refractivity contribution is 6.04. The number of morpholine rings is 1. The lowest BCUT2D eigenvalue weighted by Gasteiger charge is -2.26. The molecule has 3 amide bonds. The van der Waals surface area contributed by atoms with Gasteiger partial charge in [-0.05, 0) is 23.3 Å². The first-order valence-corrected chi connectivity index (χ1v) is 11.4. The average molecular weight is 466 g/mol. The first kappa shape index (κ1) is 22.5. The third-order valence-corrected chi connectivity index (χ3v) is 6.33. The number of ether oxygens (including phenoxy) is 3.